The molecule has 6 rings (SSSR count). The van der Waals surface area contributed by atoms with E-state index in [2.05, 4.69) is 31.4 Å². The SMILES string of the molecule is Cc1c(Cl)c(C(F)(F)F)nn1CCCNC(=O)CC12CC3CC(C1)CC(n1cc(Br)c([N+](=O)[O-])n1)(C3)C2. The van der Waals surface area contributed by atoms with Crippen LogP contribution in [0.4, 0.5) is 19.0 Å². The summed E-state index contributed by atoms with van der Waals surface area (Å²) in [5, 5.41) is 21.8. The molecule has 0 aliphatic heterocycles. The fraction of sp³-hybridized carbons (Fsp3) is 0.696. The molecule has 0 saturated heterocycles. The Balaban J connectivity index is 1.21. The Morgan fingerprint density at radius 2 is 1.97 bits per heavy atom. The van der Waals surface area contributed by atoms with Crippen LogP contribution in [0, 0.1) is 34.3 Å². The summed E-state index contributed by atoms with van der Waals surface area (Å²) < 4.78 is 42.4. The minimum absolute atomic E-state index is 0.0871. The van der Waals surface area contributed by atoms with Crippen LogP contribution in [-0.4, -0.2) is 36.9 Å². The van der Waals surface area contributed by atoms with E-state index in [1.165, 1.54) is 11.6 Å². The Morgan fingerprint density at radius 1 is 1.30 bits per heavy atom. The first-order chi connectivity index (χ1) is 17.3. The number of aryl methyl sites for hydroxylation is 1. The molecule has 2 aromatic rings. The van der Waals surface area contributed by atoms with Crippen LogP contribution in [0.2, 0.25) is 5.02 Å². The van der Waals surface area contributed by atoms with Crippen LogP contribution in [0.3, 0.4) is 0 Å². The molecule has 4 saturated carbocycles. The molecule has 1 N–H and O–H groups in total. The van der Waals surface area contributed by atoms with Crippen molar-refractivity contribution in [1.82, 2.24) is 24.9 Å². The number of nitrogens with one attached hydrogen (secondary N) is 1. The van der Waals surface area contributed by atoms with Gasteiger partial charge < -0.3 is 15.4 Å². The largest absolute Gasteiger partial charge is 0.436 e. The number of nitrogens with zero attached hydrogens (tertiary/aromatic N) is 5. The highest BCUT2D eigenvalue weighted by Gasteiger charge is 2.60. The Labute approximate surface area is 224 Å². The number of aromatic nitrogens is 4. The van der Waals surface area contributed by atoms with E-state index in [1.54, 1.807) is 10.9 Å². The van der Waals surface area contributed by atoms with Gasteiger partial charge >= 0.3 is 12.0 Å². The van der Waals surface area contributed by atoms with Gasteiger partial charge in [-0.2, -0.15) is 23.0 Å². The molecule has 0 aromatic carbocycles. The topological polar surface area (TPSA) is 108 Å². The van der Waals surface area contributed by atoms with Gasteiger partial charge in [0.25, 0.3) is 0 Å². The van der Waals surface area contributed by atoms with Crippen LogP contribution >= 0.6 is 27.5 Å². The van der Waals surface area contributed by atoms with Gasteiger partial charge in [-0.1, -0.05) is 11.6 Å². The van der Waals surface area contributed by atoms with Crippen molar-refractivity contribution in [3.63, 3.8) is 0 Å². The van der Waals surface area contributed by atoms with E-state index < -0.39 is 21.8 Å². The molecule has 14 heteroatoms. The summed E-state index contributed by atoms with van der Waals surface area (Å²) in [5.74, 6) is 0.618. The molecule has 0 radical (unpaired) electrons. The van der Waals surface area contributed by atoms with E-state index in [4.69, 9.17) is 11.6 Å². The van der Waals surface area contributed by atoms with Crippen molar-refractivity contribution in [2.24, 2.45) is 17.3 Å². The number of amides is 1. The molecule has 9 nitrogen and oxygen atoms in total. The van der Waals surface area contributed by atoms with E-state index in [9.17, 15) is 28.1 Å². The number of hydrogen-bond acceptors (Lipinski definition) is 5. The van der Waals surface area contributed by atoms with Crippen LogP contribution in [0.25, 0.3) is 0 Å². The van der Waals surface area contributed by atoms with Gasteiger partial charge in [-0.3, -0.25) is 9.48 Å². The predicted molar refractivity (Wildman–Crippen MR) is 131 cm³/mol. The number of rotatable bonds is 8. The standard InChI is InChI=1S/C23H27BrClF3N6O3/c1-13-18(25)19(23(26,27)28)30-32(13)4-2-3-29-17(35)10-21-6-14-5-15(7-21)9-22(8-14,12-21)33-11-16(24)20(31-33)34(36)37/h11,14-15H,2-10,12H2,1H3,(H,29,35). The Bertz CT molecular complexity index is 1230. The summed E-state index contributed by atoms with van der Waals surface area (Å²) in [5.41, 5.74) is -1.37. The average Bonchev–Trinajstić information content (AvgIpc) is 3.31. The molecular formula is C23H27BrClF3N6O3. The second kappa shape index (κ2) is 9.25. The summed E-state index contributed by atoms with van der Waals surface area (Å²) >= 11 is 9.06. The molecule has 4 bridgehead atoms. The molecule has 2 heterocycles. The van der Waals surface area contributed by atoms with Crippen LogP contribution < -0.4 is 5.32 Å². The summed E-state index contributed by atoms with van der Waals surface area (Å²) in [7, 11) is 0. The first-order valence-electron chi connectivity index (χ1n) is 12.3. The van der Waals surface area contributed by atoms with E-state index >= 15 is 0 Å². The van der Waals surface area contributed by atoms with E-state index in [-0.39, 0.29) is 34.9 Å². The molecule has 4 fully saturated rings. The van der Waals surface area contributed by atoms with Gasteiger partial charge in [-0.25, -0.2) is 0 Å². The second-order valence-electron chi connectivity index (χ2n) is 11.0. The molecule has 4 aliphatic rings. The molecule has 4 aliphatic carbocycles. The van der Waals surface area contributed by atoms with E-state index in [1.807, 2.05) is 0 Å². The monoisotopic (exact) mass is 606 g/mol. The maximum Gasteiger partial charge on any atom is 0.436 e. The summed E-state index contributed by atoms with van der Waals surface area (Å²) in [6.07, 6.45) is 3.43. The average molecular weight is 608 g/mol. The van der Waals surface area contributed by atoms with Gasteiger partial charge in [-0.05, 0) is 90.0 Å². The maximum atomic E-state index is 13.0. The second-order valence-corrected chi connectivity index (χ2v) is 12.3. The van der Waals surface area contributed by atoms with Gasteiger partial charge in [0.2, 0.25) is 5.91 Å². The van der Waals surface area contributed by atoms with Crippen molar-refractivity contribution >= 4 is 39.3 Å². The predicted octanol–water partition coefficient (Wildman–Crippen LogP) is 5.62. The normalized spacial score (nSPS) is 28.6. The lowest BCUT2D eigenvalue weighted by molar-refractivity contribution is -0.390. The molecular weight excluding hydrogens is 581 g/mol. The van der Waals surface area contributed by atoms with Gasteiger partial charge in [-0.15, -0.1) is 0 Å². The molecule has 2 unspecified atom stereocenters. The number of hydrogen-bond donors (Lipinski definition) is 1. The fourth-order valence-corrected chi connectivity index (χ4v) is 8.03. The molecule has 202 valence electrons. The first-order valence-corrected chi connectivity index (χ1v) is 13.4. The van der Waals surface area contributed by atoms with Gasteiger partial charge in [0.05, 0.1) is 27.6 Å². The lowest BCUT2D eigenvalue weighted by Gasteiger charge is -2.61. The molecule has 37 heavy (non-hydrogen) atoms. The smallest absolute Gasteiger partial charge is 0.358 e. The molecule has 2 atom stereocenters. The van der Waals surface area contributed by atoms with E-state index in [0.29, 0.717) is 35.7 Å². The number of nitro groups is 1. The van der Waals surface area contributed by atoms with Crippen molar-refractivity contribution in [1.29, 1.82) is 0 Å². The number of halogens is 5. The van der Waals surface area contributed by atoms with E-state index in [0.717, 1.165) is 38.5 Å². The highest BCUT2D eigenvalue weighted by molar-refractivity contribution is 9.10. The first kappa shape index (κ1) is 26.5. The number of carbonyl (C=O) groups excluding carboxylic acids is 1. The van der Waals surface area contributed by atoms with Crippen LogP contribution in [-0.2, 0) is 23.1 Å². The minimum atomic E-state index is -4.62. The highest BCUT2D eigenvalue weighted by atomic mass is 79.9. The Hall–Kier alpha value is -2.15. The number of carbonyl (C=O) groups is 1. The molecule has 2 aromatic heterocycles. The van der Waals surface area contributed by atoms with Crippen LogP contribution in [0.15, 0.2) is 10.7 Å². The zero-order valence-corrected chi connectivity index (χ0v) is 22.5. The van der Waals surface area contributed by atoms with Crippen molar-refractivity contribution in [2.75, 3.05) is 6.54 Å². The zero-order chi connectivity index (χ0) is 26.8. The third-order valence-corrected chi connectivity index (χ3v) is 9.28. The van der Waals surface area contributed by atoms with Crippen molar-refractivity contribution < 1.29 is 22.9 Å². The van der Waals surface area contributed by atoms with Crippen LogP contribution in [0.1, 0.15) is 62.8 Å². The highest BCUT2D eigenvalue weighted by Crippen LogP contribution is 2.65. The number of alkyl halides is 3. The van der Waals surface area contributed by atoms with Crippen LogP contribution in [0.5, 0.6) is 0 Å². The zero-order valence-electron chi connectivity index (χ0n) is 20.2. The van der Waals surface area contributed by atoms with Crippen molar-refractivity contribution in [3.8, 4) is 0 Å². The van der Waals surface area contributed by atoms with Crippen molar-refractivity contribution in [2.45, 2.75) is 76.6 Å². The maximum absolute atomic E-state index is 13.0. The van der Waals surface area contributed by atoms with Crippen molar-refractivity contribution in [3.05, 3.63) is 37.2 Å². The van der Waals surface area contributed by atoms with Gasteiger partial charge in [0.15, 0.2) is 5.69 Å². The molecule has 0 spiro atoms. The third-order valence-electron chi connectivity index (χ3n) is 8.27. The summed E-state index contributed by atoms with van der Waals surface area (Å²) in [6.45, 7) is 2.00. The minimum Gasteiger partial charge on any atom is -0.358 e. The van der Waals surface area contributed by atoms with Gasteiger partial charge in [0.1, 0.15) is 4.47 Å². The summed E-state index contributed by atoms with van der Waals surface area (Å²) in [6, 6.07) is 0. The quantitative estimate of drug-likeness (QED) is 0.238. The Kier molecular flexibility index (Phi) is 6.61. The lowest BCUT2D eigenvalue weighted by atomic mass is 9.46. The molecule has 1 amide bonds. The third kappa shape index (κ3) is 4.88. The lowest BCUT2D eigenvalue weighted by Crippen LogP contribution is -2.57. The van der Waals surface area contributed by atoms with Gasteiger partial charge in [0, 0.05) is 19.5 Å². The fourth-order valence-electron chi connectivity index (χ4n) is 7.37. The Morgan fingerprint density at radius 3 is 2.54 bits per heavy atom. The summed E-state index contributed by atoms with van der Waals surface area (Å²) in [4.78, 5) is 23.8.